The molecule has 0 aliphatic heterocycles. The summed E-state index contributed by atoms with van der Waals surface area (Å²) in [4.78, 5) is 15.5. The minimum atomic E-state index is -3.99. The molecule has 100 valence electrons. The number of sulfonamides is 1. The molecule has 1 heterocycles. The number of halogens is 1. The second-order valence-corrected chi connectivity index (χ2v) is 8.00. The van der Waals surface area contributed by atoms with Gasteiger partial charge in [-0.1, -0.05) is 25.4 Å². The van der Waals surface area contributed by atoms with Gasteiger partial charge in [0.25, 0.3) is 15.9 Å². The molecule has 1 amide bonds. The number of thiazole rings is 1. The van der Waals surface area contributed by atoms with E-state index in [1.807, 2.05) is 4.72 Å². The number of carbonyl (C=O) groups excluding carboxylic acids is 1. The molecule has 0 saturated heterocycles. The van der Waals surface area contributed by atoms with Gasteiger partial charge in [0.2, 0.25) is 4.34 Å². The van der Waals surface area contributed by atoms with Crippen LogP contribution in [0.2, 0.25) is 5.15 Å². The van der Waals surface area contributed by atoms with Crippen LogP contribution in [-0.4, -0.2) is 24.8 Å². The summed E-state index contributed by atoms with van der Waals surface area (Å²) in [7, 11) is -3.99. The first-order chi connectivity index (χ1) is 8.08. The van der Waals surface area contributed by atoms with Crippen molar-refractivity contribution in [2.24, 2.45) is 11.1 Å². The van der Waals surface area contributed by atoms with Gasteiger partial charge in [-0.3, -0.25) is 4.79 Å². The second-order valence-electron chi connectivity index (χ2n) is 4.90. The van der Waals surface area contributed by atoms with Crippen molar-refractivity contribution in [1.29, 1.82) is 0 Å². The number of rotatable bonds is 3. The number of carbonyl (C=O) groups is 1. The molecule has 6 nitrogen and oxygen atoms in total. The normalized spacial score (nSPS) is 25.8. The van der Waals surface area contributed by atoms with Crippen LogP contribution in [-0.2, 0) is 14.8 Å². The highest BCUT2D eigenvalue weighted by Crippen LogP contribution is 2.53. The van der Waals surface area contributed by atoms with Gasteiger partial charge in [-0.15, -0.1) is 11.3 Å². The van der Waals surface area contributed by atoms with Crippen molar-refractivity contribution in [2.45, 2.75) is 30.1 Å². The number of hydrogen-bond acceptors (Lipinski definition) is 6. The molecule has 0 spiro atoms. The second kappa shape index (κ2) is 3.89. The van der Waals surface area contributed by atoms with Gasteiger partial charge >= 0.3 is 0 Å². The molecule has 1 aliphatic carbocycles. The van der Waals surface area contributed by atoms with Crippen LogP contribution in [0, 0.1) is 5.41 Å². The minimum absolute atomic E-state index is 0.0713. The van der Waals surface area contributed by atoms with Gasteiger partial charge in [-0.2, -0.15) is 8.42 Å². The number of aromatic nitrogens is 1. The van der Waals surface area contributed by atoms with Crippen molar-refractivity contribution in [3.63, 3.8) is 0 Å². The zero-order chi connectivity index (χ0) is 13.8. The Hall–Kier alpha value is -0.700. The molecule has 2 rings (SSSR count). The predicted octanol–water partition coefficient (Wildman–Crippen LogP) is 0.729. The molecule has 18 heavy (non-hydrogen) atoms. The highest BCUT2D eigenvalue weighted by Gasteiger charge is 2.64. The Kier molecular flexibility index (Phi) is 2.97. The van der Waals surface area contributed by atoms with Gasteiger partial charge in [0.05, 0.1) is 0 Å². The van der Waals surface area contributed by atoms with E-state index in [1.54, 1.807) is 13.8 Å². The molecular formula is C9H12ClN3O3S2. The summed E-state index contributed by atoms with van der Waals surface area (Å²) in [5, 5.41) is 1.45. The number of amides is 1. The molecule has 1 unspecified atom stereocenters. The first-order valence-electron chi connectivity index (χ1n) is 5.06. The molecule has 1 fully saturated rings. The summed E-state index contributed by atoms with van der Waals surface area (Å²) in [6.45, 7) is 3.61. The predicted molar refractivity (Wildman–Crippen MR) is 67.8 cm³/mol. The third kappa shape index (κ3) is 2.13. The summed E-state index contributed by atoms with van der Waals surface area (Å²) in [5.74, 6) is -0.709. The van der Waals surface area contributed by atoms with Crippen molar-refractivity contribution in [2.75, 3.05) is 0 Å². The molecule has 1 atom stereocenters. The van der Waals surface area contributed by atoms with Gasteiger partial charge in [-0.05, 0) is 11.8 Å². The monoisotopic (exact) mass is 309 g/mol. The molecule has 1 saturated carbocycles. The van der Waals surface area contributed by atoms with Crippen LogP contribution in [0.25, 0.3) is 0 Å². The van der Waals surface area contributed by atoms with E-state index in [4.69, 9.17) is 17.3 Å². The molecule has 1 aliphatic rings. The maximum absolute atomic E-state index is 11.9. The Balaban J connectivity index is 2.18. The van der Waals surface area contributed by atoms with Crippen molar-refractivity contribution in [1.82, 2.24) is 9.71 Å². The van der Waals surface area contributed by atoms with Crippen LogP contribution in [0.3, 0.4) is 0 Å². The topological polar surface area (TPSA) is 102 Å². The minimum Gasteiger partial charge on any atom is -0.317 e. The average Bonchev–Trinajstić information content (AvgIpc) is 2.60. The Morgan fingerprint density at radius 3 is 2.56 bits per heavy atom. The van der Waals surface area contributed by atoms with Crippen LogP contribution in [0.15, 0.2) is 9.72 Å². The maximum atomic E-state index is 11.9. The van der Waals surface area contributed by atoms with Crippen molar-refractivity contribution >= 4 is 38.9 Å². The van der Waals surface area contributed by atoms with Gasteiger partial charge in [0.15, 0.2) is 0 Å². The fraction of sp³-hybridized carbons (Fsp3) is 0.556. The first-order valence-corrected chi connectivity index (χ1v) is 7.80. The lowest BCUT2D eigenvalue weighted by molar-refractivity contribution is -0.122. The Labute approximate surface area is 114 Å². The van der Waals surface area contributed by atoms with Gasteiger partial charge in [-0.25, -0.2) is 9.71 Å². The molecule has 1 aromatic rings. The SMILES string of the molecule is CC1(C)CC1(N)C(=O)NS(=O)(=O)c1nc(Cl)cs1. The van der Waals surface area contributed by atoms with Crippen LogP contribution in [0.4, 0.5) is 0 Å². The zero-order valence-electron chi connectivity index (χ0n) is 9.73. The molecule has 3 N–H and O–H groups in total. The molecular weight excluding hydrogens is 298 g/mol. The fourth-order valence-corrected chi connectivity index (χ4v) is 3.89. The van der Waals surface area contributed by atoms with Crippen molar-refractivity contribution in [3.8, 4) is 0 Å². The van der Waals surface area contributed by atoms with E-state index in [0.29, 0.717) is 6.42 Å². The molecule has 1 aromatic heterocycles. The first kappa shape index (κ1) is 13.7. The third-order valence-corrected chi connectivity index (χ3v) is 6.03. The van der Waals surface area contributed by atoms with E-state index in [0.717, 1.165) is 11.3 Å². The lowest BCUT2D eigenvalue weighted by atomic mass is 10.1. The van der Waals surface area contributed by atoms with Crippen LogP contribution >= 0.6 is 22.9 Å². The van der Waals surface area contributed by atoms with E-state index in [9.17, 15) is 13.2 Å². The lowest BCUT2D eigenvalue weighted by Gasteiger charge is -2.14. The standard InChI is InChI=1S/C9H12ClN3O3S2/c1-8(2)4-9(8,11)6(14)13-18(15,16)7-12-5(10)3-17-7/h3H,4,11H2,1-2H3,(H,13,14). The fourth-order valence-electron chi connectivity index (χ4n) is 1.66. The number of nitrogens with zero attached hydrogens (tertiary/aromatic N) is 1. The van der Waals surface area contributed by atoms with Crippen molar-refractivity contribution in [3.05, 3.63) is 10.5 Å². The Bertz CT molecular complexity index is 610. The molecule has 0 radical (unpaired) electrons. The quantitative estimate of drug-likeness (QED) is 0.857. The van der Waals surface area contributed by atoms with E-state index in [-0.39, 0.29) is 9.49 Å². The Morgan fingerprint density at radius 1 is 1.61 bits per heavy atom. The van der Waals surface area contributed by atoms with Crippen LogP contribution in [0.5, 0.6) is 0 Å². The zero-order valence-corrected chi connectivity index (χ0v) is 12.1. The number of nitrogens with one attached hydrogen (secondary N) is 1. The van der Waals surface area contributed by atoms with Gasteiger partial charge < -0.3 is 5.73 Å². The summed E-state index contributed by atoms with van der Waals surface area (Å²) in [6.07, 6.45) is 0.444. The molecule has 9 heteroatoms. The number of nitrogens with two attached hydrogens (primary N) is 1. The summed E-state index contributed by atoms with van der Waals surface area (Å²) < 4.78 is 25.4. The third-order valence-electron chi connectivity index (χ3n) is 3.12. The van der Waals surface area contributed by atoms with Crippen LogP contribution in [0.1, 0.15) is 20.3 Å². The average molecular weight is 310 g/mol. The van der Waals surface area contributed by atoms with Gasteiger partial charge in [0, 0.05) is 5.38 Å². The molecule has 0 bridgehead atoms. The van der Waals surface area contributed by atoms with Crippen molar-refractivity contribution < 1.29 is 13.2 Å². The summed E-state index contributed by atoms with van der Waals surface area (Å²) in [6, 6.07) is 0. The smallest absolute Gasteiger partial charge is 0.291 e. The number of hydrogen-bond donors (Lipinski definition) is 2. The summed E-state index contributed by atoms with van der Waals surface area (Å²) in [5.41, 5.74) is 4.31. The lowest BCUT2D eigenvalue weighted by Crippen LogP contribution is -2.48. The van der Waals surface area contributed by atoms with E-state index < -0.39 is 26.9 Å². The highest BCUT2D eigenvalue weighted by atomic mass is 35.5. The van der Waals surface area contributed by atoms with E-state index in [1.165, 1.54) is 5.38 Å². The summed E-state index contributed by atoms with van der Waals surface area (Å²) >= 11 is 6.39. The van der Waals surface area contributed by atoms with Gasteiger partial charge in [0.1, 0.15) is 10.7 Å². The maximum Gasteiger partial charge on any atom is 0.291 e. The largest absolute Gasteiger partial charge is 0.317 e. The Morgan fingerprint density at radius 2 is 2.17 bits per heavy atom. The van der Waals surface area contributed by atoms with E-state index >= 15 is 0 Å². The van der Waals surface area contributed by atoms with E-state index in [2.05, 4.69) is 4.98 Å². The molecule has 0 aromatic carbocycles. The van der Waals surface area contributed by atoms with Crippen LogP contribution < -0.4 is 10.5 Å². The highest BCUT2D eigenvalue weighted by molar-refractivity contribution is 7.92.